The van der Waals surface area contributed by atoms with Crippen LogP contribution in [-0.2, 0) is 33.3 Å². The summed E-state index contributed by atoms with van der Waals surface area (Å²) in [5.41, 5.74) is 3.49. The molecule has 0 aliphatic rings. The van der Waals surface area contributed by atoms with Gasteiger partial charge >= 0.3 is 5.97 Å². The van der Waals surface area contributed by atoms with Crippen LogP contribution in [0.1, 0.15) is 56.7 Å². The second-order valence-corrected chi connectivity index (χ2v) is 14.0. The van der Waals surface area contributed by atoms with Crippen molar-refractivity contribution in [1.29, 1.82) is 0 Å². The maximum Gasteiger partial charge on any atom is 0.305 e. The third-order valence-electron chi connectivity index (χ3n) is 8.89. The molecule has 4 N–H and O–H groups in total. The highest BCUT2D eigenvalue weighted by Gasteiger charge is 2.20. The van der Waals surface area contributed by atoms with Crippen LogP contribution in [0.3, 0.4) is 0 Å². The molecule has 0 saturated carbocycles. The highest BCUT2D eigenvalue weighted by Crippen LogP contribution is 2.35. The van der Waals surface area contributed by atoms with Crippen molar-refractivity contribution in [3.63, 3.8) is 0 Å². The van der Waals surface area contributed by atoms with Gasteiger partial charge in [-0.2, -0.15) is 0 Å². The summed E-state index contributed by atoms with van der Waals surface area (Å²) in [5.74, 6) is 0.276. The Balaban J connectivity index is 1.22. The molecule has 0 fully saturated rings. The van der Waals surface area contributed by atoms with E-state index in [1.165, 1.54) is 0 Å². The number of carboxylic acids is 1. The van der Waals surface area contributed by atoms with Gasteiger partial charge in [-0.3, -0.25) is 14.4 Å². The van der Waals surface area contributed by atoms with Crippen molar-refractivity contribution < 1.29 is 43.2 Å². The molecule has 1 aromatic heterocycles. The molecule has 4 aromatic rings. The molecular formula is C44H58N4O9. The van der Waals surface area contributed by atoms with Gasteiger partial charge in [0.1, 0.15) is 18.2 Å². The van der Waals surface area contributed by atoms with Crippen molar-refractivity contribution in [2.45, 2.75) is 52.5 Å². The Hall–Kier alpha value is -5.08. The van der Waals surface area contributed by atoms with E-state index >= 15 is 0 Å². The quantitative estimate of drug-likeness (QED) is 0.0475. The van der Waals surface area contributed by atoms with Crippen LogP contribution in [0, 0.1) is 12.8 Å². The number of hydrogen-bond acceptors (Lipinski definition) is 10. The number of nitrogens with one attached hydrogen (secondary N) is 3. The number of carbonyl (C=O) groups excluding carboxylic acids is 2. The maximum atomic E-state index is 12.9. The first-order valence-electron chi connectivity index (χ1n) is 19.7. The molecule has 308 valence electrons. The first-order valence-corrected chi connectivity index (χ1v) is 19.7. The third kappa shape index (κ3) is 16.9. The Labute approximate surface area is 335 Å². The number of amides is 2. The molecule has 1 heterocycles. The minimum atomic E-state index is -1.06. The van der Waals surface area contributed by atoms with Crippen LogP contribution >= 0.6 is 0 Å². The standard InChI is InChI=1S/C44H58N4O9/c1-32(2)16-19-53-20-21-54-22-23-55-24-25-56-26-27-57-40-14-13-36(37-10-4-5-11-38(37)40)34-8-6-9-35(29-34)39(30-44(51)52)48-43(50)31-47-42(49)12-7-17-45-41-28-33(3)15-18-46-41/h4-6,8-11,13-15,18,28-29,32,39H,7,12,16-17,19-27,30-31H2,1-3H3,(H,45,46)(H,47,49)(H,48,50)(H,51,52)/t39-/m0/s1. The van der Waals surface area contributed by atoms with E-state index in [4.69, 9.17) is 23.7 Å². The smallest absolute Gasteiger partial charge is 0.305 e. The number of hydrogen-bond donors (Lipinski definition) is 4. The van der Waals surface area contributed by atoms with Crippen molar-refractivity contribution in [1.82, 2.24) is 15.6 Å². The molecule has 0 unspecified atom stereocenters. The van der Waals surface area contributed by atoms with Gasteiger partial charge in [-0.1, -0.05) is 62.4 Å². The van der Waals surface area contributed by atoms with Crippen LogP contribution in [0.2, 0.25) is 0 Å². The molecule has 0 saturated heterocycles. The molecule has 57 heavy (non-hydrogen) atoms. The lowest BCUT2D eigenvalue weighted by Crippen LogP contribution is -2.39. The molecule has 0 bridgehead atoms. The van der Waals surface area contributed by atoms with Gasteiger partial charge in [-0.15, -0.1) is 0 Å². The van der Waals surface area contributed by atoms with E-state index in [-0.39, 0.29) is 25.3 Å². The molecule has 4 rings (SSSR count). The molecular weight excluding hydrogens is 729 g/mol. The van der Waals surface area contributed by atoms with Crippen LogP contribution in [0.25, 0.3) is 21.9 Å². The highest BCUT2D eigenvalue weighted by molar-refractivity contribution is 6.00. The van der Waals surface area contributed by atoms with Crippen molar-refractivity contribution in [3.05, 3.63) is 90.1 Å². The predicted molar refractivity (Wildman–Crippen MR) is 220 cm³/mol. The van der Waals surface area contributed by atoms with E-state index in [9.17, 15) is 19.5 Å². The monoisotopic (exact) mass is 786 g/mol. The molecule has 3 aromatic carbocycles. The maximum absolute atomic E-state index is 12.9. The Kier molecular flexibility index (Phi) is 19.8. The topological polar surface area (TPSA) is 167 Å². The Morgan fingerprint density at radius 1 is 0.754 bits per heavy atom. The number of ether oxygens (including phenoxy) is 5. The zero-order valence-electron chi connectivity index (χ0n) is 33.4. The molecule has 13 nitrogen and oxygen atoms in total. The Bertz CT molecular complexity index is 1840. The van der Waals surface area contributed by atoms with E-state index in [1.54, 1.807) is 12.3 Å². The summed E-state index contributed by atoms with van der Waals surface area (Å²) in [7, 11) is 0. The number of benzene rings is 3. The summed E-state index contributed by atoms with van der Waals surface area (Å²) in [5, 5.41) is 20.2. The largest absolute Gasteiger partial charge is 0.491 e. The zero-order chi connectivity index (χ0) is 40.7. The van der Waals surface area contributed by atoms with E-state index in [1.807, 2.05) is 73.7 Å². The lowest BCUT2D eigenvalue weighted by atomic mass is 9.94. The molecule has 1 atom stereocenters. The number of nitrogens with zero attached hydrogens (tertiary/aromatic N) is 1. The fraction of sp³-hybridized carbons (Fsp3) is 0.455. The molecule has 0 spiro atoms. The predicted octanol–water partition coefficient (Wildman–Crippen LogP) is 6.34. The number of fused-ring (bicyclic) bond motifs is 1. The molecule has 0 radical (unpaired) electrons. The average Bonchev–Trinajstić information content (AvgIpc) is 3.19. The first kappa shape index (κ1) is 44.6. The highest BCUT2D eigenvalue weighted by atomic mass is 16.6. The molecule has 0 aliphatic heterocycles. The van der Waals surface area contributed by atoms with Crippen molar-refractivity contribution in [2.75, 3.05) is 77.9 Å². The van der Waals surface area contributed by atoms with Crippen LogP contribution in [0.4, 0.5) is 5.82 Å². The van der Waals surface area contributed by atoms with Crippen molar-refractivity contribution in [2.24, 2.45) is 5.92 Å². The molecule has 0 aliphatic carbocycles. The number of aliphatic carboxylic acids is 1. The van der Waals surface area contributed by atoms with E-state index in [0.717, 1.165) is 46.3 Å². The summed E-state index contributed by atoms with van der Waals surface area (Å²) < 4.78 is 28.5. The van der Waals surface area contributed by atoms with Crippen LogP contribution in [0.5, 0.6) is 5.75 Å². The minimum absolute atomic E-state index is 0.223. The van der Waals surface area contributed by atoms with Gasteiger partial charge < -0.3 is 44.7 Å². The zero-order valence-corrected chi connectivity index (χ0v) is 33.4. The Morgan fingerprint density at radius 2 is 1.44 bits per heavy atom. The minimum Gasteiger partial charge on any atom is -0.491 e. The summed E-state index contributed by atoms with van der Waals surface area (Å²) in [6.45, 7) is 11.2. The number of carbonyl (C=O) groups is 3. The van der Waals surface area contributed by atoms with Gasteiger partial charge in [0.25, 0.3) is 0 Å². The van der Waals surface area contributed by atoms with Gasteiger partial charge in [-0.05, 0) is 77.6 Å². The SMILES string of the molecule is Cc1ccnc(NCCCC(=O)NCC(=O)N[C@@H](CC(=O)O)c2cccc(-c3ccc(OCCOCCOCCOCCOCCC(C)C)c4ccccc34)c2)c1. The van der Waals surface area contributed by atoms with E-state index in [2.05, 4.69) is 34.8 Å². The van der Waals surface area contributed by atoms with Crippen molar-refractivity contribution in [3.8, 4) is 16.9 Å². The summed E-state index contributed by atoms with van der Waals surface area (Å²) in [4.78, 5) is 41.4. The van der Waals surface area contributed by atoms with Crippen LogP contribution in [0.15, 0.2) is 79.0 Å². The number of rotatable bonds is 28. The molecule has 13 heteroatoms. The molecule has 2 amide bonds. The van der Waals surface area contributed by atoms with E-state index in [0.29, 0.717) is 83.1 Å². The Morgan fingerprint density at radius 3 is 2.12 bits per heavy atom. The normalized spacial score (nSPS) is 11.7. The number of aryl methyl sites for hydroxylation is 1. The van der Waals surface area contributed by atoms with Crippen LogP contribution in [-0.4, -0.2) is 100 Å². The summed E-state index contributed by atoms with van der Waals surface area (Å²) in [6, 6.07) is 22.3. The van der Waals surface area contributed by atoms with Gasteiger partial charge in [0.05, 0.1) is 65.3 Å². The fourth-order valence-corrected chi connectivity index (χ4v) is 5.90. The second kappa shape index (κ2) is 25.2. The summed E-state index contributed by atoms with van der Waals surface area (Å²) in [6.07, 6.45) is 3.22. The van der Waals surface area contributed by atoms with Crippen LogP contribution < -0.4 is 20.7 Å². The van der Waals surface area contributed by atoms with Gasteiger partial charge in [0, 0.05) is 31.2 Å². The van der Waals surface area contributed by atoms with E-state index < -0.39 is 17.9 Å². The van der Waals surface area contributed by atoms with Gasteiger partial charge in [0.2, 0.25) is 11.8 Å². The third-order valence-corrected chi connectivity index (χ3v) is 8.89. The van der Waals surface area contributed by atoms with Crippen molar-refractivity contribution >= 4 is 34.4 Å². The second-order valence-electron chi connectivity index (χ2n) is 14.0. The lowest BCUT2D eigenvalue weighted by Gasteiger charge is -2.19. The van der Waals surface area contributed by atoms with Gasteiger partial charge in [0.15, 0.2) is 0 Å². The average molecular weight is 787 g/mol. The first-order chi connectivity index (χ1) is 27.7. The number of anilines is 1. The number of carboxylic acid groups (broad SMARTS) is 1. The lowest BCUT2D eigenvalue weighted by molar-refractivity contribution is -0.138. The van der Waals surface area contributed by atoms with Gasteiger partial charge in [-0.25, -0.2) is 4.98 Å². The number of pyridine rings is 1. The fourth-order valence-electron chi connectivity index (χ4n) is 5.90. The summed E-state index contributed by atoms with van der Waals surface area (Å²) >= 11 is 0. The number of aromatic nitrogens is 1.